The fourth-order valence-corrected chi connectivity index (χ4v) is 2.44. The first-order valence-electron chi connectivity index (χ1n) is 6.46. The first-order valence-corrected chi connectivity index (χ1v) is 6.46. The Hall–Kier alpha value is -2.18. The summed E-state index contributed by atoms with van der Waals surface area (Å²) >= 11 is 0. The molecule has 20 heavy (non-hydrogen) atoms. The number of likely N-dealkylation sites (tertiary alicyclic amines) is 1. The number of carbonyl (C=O) groups excluding carboxylic acids is 1. The van der Waals surface area contributed by atoms with E-state index >= 15 is 0 Å². The summed E-state index contributed by atoms with van der Waals surface area (Å²) in [6, 6.07) is 2.65. The molecule has 1 atom stereocenters. The van der Waals surface area contributed by atoms with Crippen molar-refractivity contribution >= 4 is 11.9 Å². The van der Waals surface area contributed by atoms with Crippen LogP contribution in [0.1, 0.15) is 30.3 Å². The quantitative estimate of drug-likeness (QED) is 0.847. The highest BCUT2D eigenvalue weighted by atomic mass is 16.4. The van der Waals surface area contributed by atoms with Crippen molar-refractivity contribution in [3.05, 3.63) is 28.2 Å². The minimum atomic E-state index is -0.872. The van der Waals surface area contributed by atoms with Gasteiger partial charge in [0.2, 0.25) is 0 Å². The number of hydrogen-bond donors (Lipinski definition) is 1. The van der Waals surface area contributed by atoms with Crippen molar-refractivity contribution in [2.45, 2.75) is 19.8 Å². The third kappa shape index (κ3) is 2.31. The number of nitrogens with zero attached hydrogens (tertiary/aromatic N) is 3. The molecule has 1 aromatic heterocycles. The maximum absolute atomic E-state index is 12.3. The van der Waals surface area contributed by atoms with Crippen LogP contribution in [-0.4, -0.2) is 44.8 Å². The highest BCUT2D eigenvalue weighted by molar-refractivity contribution is 5.93. The minimum absolute atomic E-state index is 0.157. The molecule has 1 aliphatic rings. The predicted octanol–water partition coefficient (Wildman–Crippen LogP) is 0.107. The number of rotatable bonds is 3. The van der Waals surface area contributed by atoms with E-state index < -0.39 is 11.4 Å². The molecular formula is C13H17N3O4. The third-order valence-corrected chi connectivity index (χ3v) is 3.95. The van der Waals surface area contributed by atoms with Gasteiger partial charge in [0, 0.05) is 26.2 Å². The molecule has 0 bridgehead atoms. The van der Waals surface area contributed by atoms with Crippen molar-refractivity contribution in [1.29, 1.82) is 0 Å². The number of aromatic nitrogens is 2. The third-order valence-electron chi connectivity index (χ3n) is 3.95. The average molecular weight is 279 g/mol. The fourth-order valence-electron chi connectivity index (χ4n) is 2.44. The Balaban J connectivity index is 2.21. The van der Waals surface area contributed by atoms with Gasteiger partial charge in [-0.25, -0.2) is 4.68 Å². The Morgan fingerprint density at radius 1 is 1.45 bits per heavy atom. The monoisotopic (exact) mass is 279 g/mol. The molecule has 0 aromatic carbocycles. The SMILES string of the molecule is CCC1(C(=O)O)CCN(C(=O)c2ccc(=O)n(C)n2)C1. The molecule has 1 aromatic rings. The maximum atomic E-state index is 12.3. The second kappa shape index (κ2) is 5.07. The summed E-state index contributed by atoms with van der Waals surface area (Å²) in [6.45, 7) is 2.39. The van der Waals surface area contributed by atoms with Gasteiger partial charge in [0.1, 0.15) is 5.69 Å². The highest BCUT2D eigenvalue weighted by Crippen LogP contribution is 2.34. The molecule has 1 amide bonds. The van der Waals surface area contributed by atoms with Crippen molar-refractivity contribution in [3.63, 3.8) is 0 Å². The predicted molar refractivity (Wildman–Crippen MR) is 70.4 cm³/mol. The smallest absolute Gasteiger partial charge is 0.311 e. The van der Waals surface area contributed by atoms with Crippen molar-refractivity contribution in [2.24, 2.45) is 12.5 Å². The molecule has 2 heterocycles. The van der Waals surface area contributed by atoms with E-state index in [0.717, 1.165) is 4.68 Å². The molecule has 0 saturated carbocycles. The number of hydrogen-bond acceptors (Lipinski definition) is 4. The van der Waals surface area contributed by atoms with E-state index in [1.165, 1.54) is 24.1 Å². The molecule has 108 valence electrons. The van der Waals surface area contributed by atoms with Crippen LogP contribution in [0.2, 0.25) is 0 Å². The van der Waals surface area contributed by atoms with E-state index in [4.69, 9.17) is 0 Å². The first-order chi connectivity index (χ1) is 9.39. The van der Waals surface area contributed by atoms with Gasteiger partial charge in [0.25, 0.3) is 11.5 Å². The number of aliphatic carboxylic acids is 1. The van der Waals surface area contributed by atoms with Crippen molar-refractivity contribution < 1.29 is 14.7 Å². The standard InChI is InChI=1S/C13H17N3O4/c1-3-13(12(19)20)6-7-16(8-13)11(18)9-4-5-10(17)15(2)14-9/h4-5H,3,6-8H2,1-2H3,(H,19,20). The van der Waals surface area contributed by atoms with Crippen LogP contribution in [0.25, 0.3) is 0 Å². The lowest BCUT2D eigenvalue weighted by molar-refractivity contribution is -0.148. The van der Waals surface area contributed by atoms with Crippen LogP contribution in [-0.2, 0) is 11.8 Å². The molecule has 0 spiro atoms. The molecule has 1 saturated heterocycles. The zero-order chi connectivity index (χ0) is 14.9. The van der Waals surface area contributed by atoms with Gasteiger partial charge in [-0.1, -0.05) is 6.92 Å². The Kier molecular flexibility index (Phi) is 3.61. The van der Waals surface area contributed by atoms with Gasteiger partial charge in [-0.3, -0.25) is 14.4 Å². The summed E-state index contributed by atoms with van der Waals surface area (Å²) in [7, 11) is 1.47. The highest BCUT2D eigenvalue weighted by Gasteiger charge is 2.45. The summed E-state index contributed by atoms with van der Waals surface area (Å²) in [6.07, 6.45) is 0.920. The van der Waals surface area contributed by atoms with Gasteiger partial charge in [-0.2, -0.15) is 5.10 Å². The number of carbonyl (C=O) groups is 2. The van der Waals surface area contributed by atoms with Crippen molar-refractivity contribution in [2.75, 3.05) is 13.1 Å². The van der Waals surface area contributed by atoms with Crippen molar-refractivity contribution in [1.82, 2.24) is 14.7 Å². The number of carboxylic acid groups (broad SMARTS) is 1. The maximum Gasteiger partial charge on any atom is 0.311 e. The van der Waals surface area contributed by atoms with Crippen LogP contribution in [0.5, 0.6) is 0 Å². The van der Waals surface area contributed by atoms with Crippen LogP contribution in [0.15, 0.2) is 16.9 Å². The molecule has 7 nitrogen and oxygen atoms in total. The van der Waals surface area contributed by atoms with Gasteiger partial charge in [-0.15, -0.1) is 0 Å². The van der Waals surface area contributed by atoms with Gasteiger partial charge in [-0.05, 0) is 18.9 Å². The molecular weight excluding hydrogens is 262 g/mol. The molecule has 1 aliphatic heterocycles. The fraction of sp³-hybridized carbons (Fsp3) is 0.538. The van der Waals surface area contributed by atoms with E-state index in [0.29, 0.717) is 19.4 Å². The molecule has 1 fully saturated rings. The van der Waals surface area contributed by atoms with Crippen LogP contribution >= 0.6 is 0 Å². The van der Waals surface area contributed by atoms with E-state index in [1.54, 1.807) is 0 Å². The van der Waals surface area contributed by atoms with Crippen molar-refractivity contribution in [3.8, 4) is 0 Å². The van der Waals surface area contributed by atoms with E-state index in [-0.39, 0.29) is 23.7 Å². The van der Waals surface area contributed by atoms with Gasteiger partial charge < -0.3 is 10.0 Å². The average Bonchev–Trinajstić information content (AvgIpc) is 2.87. The zero-order valence-electron chi connectivity index (χ0n) is 11.5. The molecule has 1 N–H and O–H groups in total. The van der Waals surface area contributed by atoms with Gasteiger partial charge in [0.15, 0.2) is 0 Å². The second-order valence-electron chi connectivity index (χ2n) is 5.10. The number of carboxylic acids is 1. The first kappa shape index (κ1) is 14.2. The molecule has 0 radical (unpaired) electrons. The van der Waals surface area contributed by atoms with Gasteiger partial charge in [0.05, 0.1) is 5.41 Å². The van der Waals surface area contributed by atoms with Crippen LogP contribution in [0.3, 0.4) is 0 Å². The Morgan fingerprint density at radius 3 is 2.65 bits per heavy atom. The second-order valence-corrected chi connectivity index (χ2v) is 5.10. The molecule has 7 heteroatoms. The van der Waals surface area contributed by atoms with Crippen LogP contribution in [0, 0.1) is 5.41 Å². The largest absolute Gasteiger partial charge is 0.481 e. The van der Waals surface area contributed by atoms with E-state index in [1.807, 2.05) is 6.92 Å². The topological polar surface area (TPSA) is 92.5 Å². The molecule has 2 rings (SSSR count). The van der Waals surface area contributed by atoms with Crippen LogP contribution in [0.4, 0.5) is 0 Å². The summed E-state index contributed by atoms with van der Waals surface area (Å²) in [5.74, 6) is -1.21. The Labute approximate surface area is 115 Å². The summed E-state index contributed by atoms with van der Waals surface area (Å²) in [5, 5.41) is 13.2. The number of amides is 1. The minimum Gasteiger partial charge on any atom is -0.481 e. The number of aryl methyl sites for hydroxylation is 1. The lowest BCUT2D eigenvalue weighted by Crippen LogP contribution is -2.37. The molecule has 0 aliphatic carbocycles. The summed E-state index contributed by atoms with van der Waals surface area (Å²) in [5.41, 5.74) is -1.00. The zero-order valence-corrected chi connectivity index (χ0v) is 11.5. The molecule has 1 unspecified atom stereocenters. The Morgan fingerprint density at radius 2 is 2.15 bits per heavy atom. The lowest BCUT2D eigenvalue weighted by Gasteiger charge is -2.22. The summed E-state index contributed by atoms with van der Waals surface area (Å²) in [4.78, 5) is 36.4. The van der Waals surface area contributed by atoms with E-state index in [2.05, 4.69) is 5.10 Å². The summed E-state index contributed by atoms with van der Waals surface area (Å²) < 4.78 is 1.09. The van der Waals surface area contributed by atoms with Crippen LogP contribution < -0.4 is 5.56 Å². The van der Waals surface area contributed by atoms with E-state index in [9.17, 15) is 19.5 Å². The normalized spacial score (nSPS) is 22.0. The lowest BCUT2D eigenvalue weighted by atomic mass is 9.84. The Bertz CT molecular complexity index is 610. The van der Waals surface area contributed by atoms with Gasteiger partial charge >= 0.3 is 5.97 Å².